The zero-order valence-electron chi connectivity index (χ0n) is 17.3. The van der Waals surface area contributed by atoms with Crippen molar-refractivity contribution in [1.82, 2.24) is 5.32 Å². The summed E-state index contributed by atoms with van der Waals surface area (Å²) in [5, 5.41) is 7.93. The van der Waals surface area contributed by atoms with E-state index in [1.54, 1.807) is 31.2 Å². The monoisotopic (exact) mass is 415 g/mol. The molecule has 2 aromatic rings. The quantitative estimate of drug-likeness (QED) is 0.579. The molecule has 9 heteroatoms. The van der Waals surface area contributed by atoms with Gasteiger partial charge in [0.05, 0.1) is 27.9 Å². The van der Waals surface area contributed by atoms with Crippen molar-refractivity contribution in [2.45, 2.75) is 13.3 Å². The van der Waals surface area contributed by atoms with E-state index < -0.39 is 11.8 Å². The maximum Gasteiger partial charge on any atom is 0.251 e. The fourth-order valence-electron chi connectivity index (χ4n) is 2.60. The number of ether oxygens (including phenoxy) is 3. The van der Waals surface area contributed by atoms with E-state index >= 15 is 0 Å². The van der Waals surface area contributed by atoms with Gasteiger partial charge in [-0.05, 0) is 30.3 Å². The highest BCUT2D eigenvalue weighted by atomic mass is 16.5. The van der Waals surface area contributed by atoms with Crippen LogP contribution in [0.1, 0.15) is 23.7 Å². The smallest absolute Gasteiger partial charge is 0.251 e. The molecule has 0 aliphatic heterocycles. The van der Waals surface area contributed by atoms with Crippen molar-refractivity contribution in [3.8, 4) is 17.2 Å². The minimum Gasteiger partial charge on any atom is -0.493 e. The first kappa shape index (κ1) is 22.5. The second-order valence-electron chi connectivity index (χ2n) is 6.13. The highest BCUT2D eigenvalue weighted by Crippen LogP contribution is 2.38. The Morgan fingerprint density at radius 2 is 1.40 bits per heavy atom. The largest absolute Gasteiger partial charge is 0.493 e. The van der Waals surface area contributed by atoms with E-state index in [0.29, 0.717) is 35.0 Å². The number of methoxy groups -OCH3 is 3. The van der Waals surface area contributed by atoms with Gasteiger partial charge in [0.15, 0.2) is 11.5 Å². The molecule has 3 amide bonds. The van der Waals surface area contributed by atoms with Crippen molar-refractivity contribution < 1.29 is 28.6 Å². The summed E-state index contributed by atoms with van der Waals surface area (Å²) in [7, 11) is 4.36. The molecule has 0 aliphatic rings. The number of nitrogens with one attached hydrogen (secondary N) is 3. The van der Waals surface area contributed by atoms with Crippen molar-refractivity contribution >= 4 is 29.1 Å². The Kier molecular flexibility index (Phi) is 8.04. The maximum atomic E-state index is 12.5. The Balaban J connectivity index is 2.00. The molecule has 0 bridgehead atoms. The van der Waals surface area contributed by atoms with E-state index in [1.807, 2.05) is 0 Å². The lowest BCUT2D eigenvalue weighted by Gasteiger charge is -2.14. The molecule has 160 valence electrons. The standard InChI is InChI=1S/C21H25N3O6/c1-5-18(25)23-14-7-6-8-15(11-14)24-19(26)12-22-21(27)13-9-16(28-2)20(30-4)17(10-13)29-3/h6-11H,5,12H2,1-4H3,(H,22,27)(H,23,25)(H,24,26). The summed E-state index contributed by atoms with van der Waals surface area (Å²) in [4.78, 5) is 36.1. The third-order valence-corrected chi connectivity index (χ3v) is 4.09. The summed E-state index contributed by atoms with van der Waals surface area (Å²) >= 11 is 0. The van der Waals surface area contributed by atoms with Crippen molar-refractivity contribution in [3.05, 3.63) is 42.0 Å². The number of anilines is 2. The van der Waals surface area contributed by atoms with Crippen LogP contribution >= 0.6 is 0 Å². The lowest BCUT2D eigenvalue weighted by atomic mass is 10.1. The topological polar surface area (TPSA) is 115 Å². The second kappa shape index (κ2) is 10.7. The van der Waals surface area contributed by atoms with E-state index in [-0.39, 0.29) is 18.0 Å². The molecule has 0 spiro atoms. The Labute approximate surface area is 174 Å². The summed E-state index contributed by atoms with van der Waals surface area (Å²) in [6.45, 7) is 1.50. The summed E-state index contributed by atoms with van der Waals surface area (Å²) < 4.78 is 15.7. The predicted molar refractivity (Wildman–Crippen MR) is 112 cm³/mol. The van der Waals surface area contributed by atoms with Gasteiger partial charge < -0.3 is 30.2 Å². The van der Waals surface area contributed by atoms with Crippen molar-refractivity contribution in [3.63, 3.8) is 0 Å². The lowest BCUT2D eigenvalue weighted by molar-refractivity contribution is -0.116. The van der Waals surface area contributed by atoms with Gasteiger partial charge in [0.2, 0.25) is 17.6 Å². The van der Waals surface area contributed by atoms with Gasteiger partial charge in [0, 0.05) is 23.4 Å². The van der Waals surface area contributed by atoms with Gasteiger partial charge in [0.25, 0.3) is 5.91 Å². The molecule has 0 heterocycles. The second-order valence-corrected chi connectivity index (χ2v) is 6.13. The molecule has 0 unspecified atom stereocenters. The minimum absolute atomic E-state index is 0.129. The SMILES string of the molecule is CCC(=O)Nc1cccc(NC(=O)CNC(=O)c2cc(OC)c(OC)c(OC)c2)c1. The summed E-state index contributed by atoms with van der Waals surface area (Å²) in [5.41, 5.74) is 1.32. The number of carbonyl (C=O) groups excluding carboxylic acids is 3. The summed E-state index contributed by atoms with van der Waals surface area (Å²) in [6, 6.07) is 9.72. The number of benzene rings is 2. The van der Waals surface area contributed by atoms with Gasteiger partial charge in [-0.3, -0.25) is 14.4 Å². The lowest BCUT2D eigenvalue weighted by Crippen LogP contribution is -2.32. The molecular weight excluding hydrogens is 390 g/mol. The number of amides is 3. The zero-order chi connectivity index (χ0) is 22.1. The molecule has 2 rings (SSSR count). The van der Waals surface area contributed by atoms with Crippen LogP contribution in [-0.4, -0.2) is 45.6 Å². The molecule has 3 N–H and O–H groups in total. The van der Waals surface area contributed by atoms with Gasteiger partial charge in [-0.25, -0.2) is 0 Å². The average Bonchev–Trinajstić information content (AvgIpc) is 2.76. The van der Waals surface area contributed by atoms with Crippen LogP contribution in [0.25, 0.3) is 0 Å². The molecule has 0 atom stereocenters. The first-order valence-corrected chi connectivity index (χ1v) is 9.19. The normalized spacial score (nSPS) is 10.0. The Hall–Kier alpha value is -3.75. The molecule has 9 nitrogen and oxygen atoms in total. The fraction of sp³-hybridized carbons (Fsp3) is 0.286. The number of rotatable bonds is 9. The Morgan fingerprint density at radius 3 is 1.90 bits per heavy atom. The summed E-state index contributed by atoms with van der Waals surface area (Å²) in [6.07, 6.45) is 0.351. The first-order valence-electron chi connectivity index (χ1n) is 9.19. The highest BCUT2D eigenvalue weighted by Gasteiger charge is 2.17. The molecule has 2 aromatic carbocycles. The van der Waals surface area contributed by atoms with Gasteiger partial charge in [0.1, 0.15) is 0 Å². The fourth-order valence-corrected chi connectivity index (χ4v) is 2.60. The van der Waals surface area contributed by atoms with Crippen LogP contribution in [0.15, 0.2) is 36.4 Å². The van der Waals surface area contributed by atoms with E-state index in [1.165, 1.54) is 33.5 Å². The van der Waals surface area contributed by atoms with E-state index in [4.69, 9.17) is 14.2 Å². The zero-order valence-corrected chi connectivity index (χ0v) is 17.3. The van der Waals surface area contributed by atoms with Crippen LogP contribution in [0.2, 0.25) is 0 Å². The van der Waals surface area contributed by atoms with Crippen LogP contribution in [0.4, 0.5) is 11.4 Å². The van der Waals surface area contributed by atoms with Crippen molar-refractivity contribution in [2.75, 3.05) is 38.5 Å². The number of hydrogen-bond acceptors (Lipinski definition) is 6. The van der Waals surface area contributed by atoms with Crippen LogP contribution < -0.4 is 30.2 Å². The van der Waals surface area contributed by atoms with E-state index in [9.17, 15) is 14.4 Å². The molecule has 0 aliphatic carbocycles. The Bertz CT molecular complexity index is 904. The molecule has 0 fully saturated rings. The maximum absolute atomic E-state index is 12.5. The number of hydrogen-bond donors (Lipinski definition) is 3. The summed E-state index contributed by atoms with van der Waals surface area (Å²) in [5.74, 6) is -0.00154. The van der Waals surface area contributed by atoms with Gasteiger partial charge in [-0.15, -0.1) is 0 Å². The van der Waals surface area contributed by atoms with Crippen molar-refractivity contribution in [2.24, 2.45) is 0 Å². The van der Waals surface area contributed by atoms with Crippen LogP contribution in [0.3, 0.4) is 0 Å². The minimum atomic E-state index is -0.478. The molecule has 0 saturated heterocycles. The molecule has 30 heavy (non-hydrogen) atoms. The van der Waals surface area contributed by atoms with E-state index in [0.717, 1.165) is 0 Å². The molecule has 0 radical (unpaired) electrons. The van der Waals surface area contributed by atoms with Crippen LogP contribution in [0.5, 0.6) is 17.2 Å². The highest BCUT2D eigenvalue weighted by molar-refractivity contribution is 6.00. The van der Waals surface area contributed by atoms with Gasteiger partial charge in [-0.1, -0.05) is 13.0 Å². The third-order valence-electron chi connectivity index (χ3n) is 4.09. The molecular formula is C21H25N3O6. The van der Waals surface area contributed by atoms with E-state index in [2.05, 4.69) is 16.0 Å². The van der Waals surface area contributed by atoms with Crippen molar-refractivity contribution in [1.29, 1.82) is 0 Å². The first-order chi connectivity index (χ1) is 14.4. The molecule has 0 saturated carbocycles. The Morgan fingerprint density at radius 1 is 0.833 bits per heavy atom. The van der Waals surface area contributed by atoms with Gasteiger partial charge in [-0.2, -0.15) is 0 Å². The van der Waals surface area contributed by atoms with Gasteiger partial charge >= 0.3 is 0 Å². The predicted octanol–water partition coefficient (Wildman–Crippen LogP) is 2.43. The third kappa shape index (κ3) is 5.87. The van der Waals surface area contributed by atoms with Crippen LogP contribution in [-0.2, 0) is 9.59 Å². The molecule has 0 aromatic heterocycles. The average molecular weight is 415 g/mol. The van der Waals surface area contributed by atoms with Crippen LogP contribution in [0, 0.1) is 0 Å². The number of carbonyl (C=O) groups is 3.